The van der Waals surface area contributed by atoms with E-state index >= 15 is 0 Å². The fourth-order valence-electron chi connectivity index (χ4n) is 1.51. The van der Waals surface area contributed by atoms with Crippen LogP contribution in [0.15, 0.2) is 36.5 Å². The maximum atomic E-state index is 11.8. The largest absolute Gasteiger partial charge is 0.399 e. The lowest BCUT2D eigenvalue weighted by Gasteiger charge is -2.05. The molecule has 5 heteroatoms. The Morgan fingerprint density at radius 3 is 2.65 bits per heavy atom. The second-order valence-electron chi connectivity index (χ2n) is 3.76. The van der Waals surface area contributed by atoms with Gasteiger partial charge >= 0.3 is 0 Å². The molecule has 0 saturated heterocycles. The first-order chi connectivity index (χ1) is 8.16. The van der Waals surface area contributed by atoms with Crippen molar-refractivity contribution in [2.45, 2.75) is 6.54 Å². The van der Waals surface area contributed by atoms with Crippen molar-refractivity contribution >= 4 is 11.6 Å². The monoisotopic (exact) mass is 230 g/mol. The molecular weight excluding hydrogens is 216 g/mol. The van der Waals surface area contributed by atoms with Gasteiger partial charge in [-0.3, -0.25) is 9.48 Å². The van der Waals surface area contributed by atoms with Crippen LogP contribution < -0.4 is 11.1 Å². The zero-order valence-corrected chi connectivity index (χ0v) is 9.55. The molecule has 1 amide bonds. The van der Waals surface area contributed by atoms with Crippen LogP contribution in [0, 0.1) is 0 Å². The molecule has 0 aliphatic heterocycles. The number of anilines is 1. The van der Waals surface area contributed by atoms with E-state index < -0.39 is 0 Å². The Labute approximate surface area is 99.2 Å². The highest BCUT2D eigenvalue weighted by Crippen LogP contribution is 2.05. The Bertz CT molecular complexity index is 516. The fourth-order valence-corrected chi connectivity index (χ4v) is 1.51. The van der Waals surface area contributed by atoms with Gasteiger partial charge in [-0.2, -0.15) is 5.10 Å². The smallest absolute Gasteiger partial charge is 0.269 e. The fraction of sp³-hybridized carbons (Fsp3) is 0.167. The van der Waals surface area contributed by atoms with Gasteiger partial charge in [0.1, 0.15) is 5.69 Å². The van der Waals surface area contributed by atoms with Gasteiger partial charge in [0.05, 0.1) is 0 Å². The van der Waals surface area contributed by atoms with Gasteiger partial charge in [-0.25, -0.2) is 0 Å². The molecule has 0 atom stereocenters. The predicted molar refractivity (Wildman–Crippen MR) is 65.2 cm³/mol. The highest BCUT2D eigenvalue weighted by Gasteiger charge is 2.08. The molecule has 0 aliphatic carbocycles. The molecule has 1 heterocycles. The average Bonchev–Trinajstić information content (AvgIpc) is 2.74. The molecule has 0 fully saturated rings. The van der Waals surface area contributed by atoms with Gasteiger partial charge in [-0.15, -0.1) is 0 Å². The van der Waals surface area contributed by atoms with E-state index in [4.69, 9.17) is 5.73 Å². The van der Waals surface area contributed by atoms with Crippen molar-refractivity contribution in [2.75, 3.05) is 5.73 Å². The second-order valence-corrected chi connectivity index (χ2v) is 3.76. The van der Waals surface area contributed by atoms with E-state index in [1.165, 1.54) is 4.68 Å². The molecule has 2 aromatic rings. The van der Waals surface area contributed by atoms with Gasteiger partial charge in [-0.1, -0.05) is 12.1 Å². The number of hydrogen-bond acceptors (Lipinski definition) is 3. The number of aromatic nitrogens is 2. The molecule has 0 aliphatic rings. The number of hydrogen-bond donors (Lipinski definition) is 2. The van der Waals surface area contributed by atoms with E-state index in [0.717, 1.165) is 5.56 Å². The summed E-state index contributed by atoms with van der Waals surface area (Å²) in [5.41, 5.74) is 7.85. The Morgan fingerprint density at radius 2 is 2.06 bits per heavy atom. The third kappa shape index (κ3) is 2.63. The number of aryl methyl sites for hydroxylation is 1. The van der Waals surface area contributed by atoms with Gasteiger partial charge in [0.25, 0.3) is 5.91 Å². The minimum atomic E-state index is -0.137. The van der Waals surface area contributed by atoms with Crippen molar-refractivity contribution in [1.82, 2.24) is 15.1 Å². The summed E-state index contributed by atoms with van der Waals surface area (Å²) in [4.78, 5) is 11.8. The Morgan fingerprint density at radius 1 is 1.35 bits per heavy atom. The summed E-state index contributed by atoms with van der Waals surface area (Å²) >= 11 is 0. The van der Waals surface area contributed by atoms with Crippen LogP contribution in [0.5, 0.6) is 0 Å². The minimum Gasteiger partial charge on any atom is -0.399 e. The van der Waals surface area contributed by atoms with E-state index in [1.54, 1.807) is 19.3 Å². The predicted octanol–water partition coefficient (Wildman–Crippen LogP) is 0.932. The second kappa shape index (κ2) is 4.69. The molecule has 3 N–H and O–H groups in total. The topological polar surface area (TPSA) is 72.9 Å². The zero-order valence-electron chi connectivity index (χ0n) is 9.55. The maximum absolute atomic E-state index is 11.8. The summed E-state index contributed by atoms with van der Waals surface area (Å²) in [6.45, 7) is 0.476. The Hall–Kier alpha value is -2.30. The van der Waals surface area contributed by atoms with Crippen LogP contribution in [-0.2, 0) is 13.6 Å². The number of benzene rings is 1. The van der Waals surface area contributed by atoms with Crippen molar-refractivity contribution in [3.8, 4) is 0 Å². The number of rotatable bonds is 3. The number of nitrogen functional groups attached to an aromatic ring is 1. The van der Waals surface area contributed by atoms with Crippen LogP contribution in [-0.4, -0.2) is 15.7 Å². The summed E-state index contributed by atoms with van der Waals surface area (Å²) in [5, 5.41) is 6.76. The van der Waals surface area contributed by atoms with E-state index in [1.807, 2.05) is 24.3 Å². The van der Waals surface area contributed by atoms with Crippen LogP contribution in [0.3, 0.4) is 0 Å². The van der Waals surface area contributed by atoms with Crippen molar-refractivity contribution in [3.05, 3.63) is 47.8 Å². The van der Waals surface area contributed by atoms with E-state index in [9.17, 15) is 4.79 Å². The molecule has 2 rings (SSSR count). The molecule has 1 aromatic carbocycles. The first kappa shape index (κ1) is 11.2. The van der Waals surface area contributed by atoms with E-state index in [-0.39, 0.29) is 5.91 Å². The van der Waals surface area contributed by atoms with Gasteiger partial charge in [0.15, 0.2) is 0 Å². The number of nitrogens with zero attached hydrogens (tertiary/aromatic N) is 2. The third-order valence-corrected chi connectivity index (χ3v) is 2.49. The van der Waals surface area contributed by atoms with Gasteiger partial charge < -0.3 is 11.1 Å². The first-order valence-corrected chi connectivity index (χ1v) is 5.27. The number of carbonyl (C=O) groups excluding carboxylic acids is 1. The molecule has 0 unspecified atom stereocenters. The highest BCUT2D eigenvalue weighted by atomic mass is 16.2. The van der Waals surface area contributed by atoms with E-state index in [2.05, 4.69) is 10.4 Å². The number of nitrogens with one attached hydrogen (secondary N) is 1. The lowest BCUT2D eigenvalue weighted by atomic mass is 10.2. The van der Waals surface area contributed by atoms with Gasteiger partial charge in [0, 0.05) is 25.5 Å². The quantitative estimate of drug-likeness (QED) is 0.770. The summed E-state index contributed by atoms with van der Waals surface area (Å²) in [6, 6.07) is 9.08. The highest BCUT2D eigenvalue weighted by molar-refractivity contribution is 5.92. The Balaban J connectivity index is 1.97. The number of nitrogens with two attached hydrogens (primary N) is 1. The van der Waals surface area contributed by atoms with Crippen LogP contribution in [0.1, 0.15) is 16.1 Å². The third-order valence-electron chi connectivity index (χ3n) is 2.49. The molecule has 0 spiro atoms. The van der Waals surface area contributed by atoms with Crippen LogP contribution >= 0.6 is 0 Å². The molecule has 5 nitrogen and oxygen atoms in total. The molecule has 0 bridgehead atoms. The lowest BCUT2D eigenvalue weighted by molar-refractivity contribution is 0.0941. The lowest BCUT2D eigenvalue weighted by Crippen LogP contribution is -2.25. The minimum absolute atomic E-state index is 0.137. The van der Waals surface area contributed by atoms with Crippen molar-refractivity contribution in [2.24, 2.45) is 7.05 Å². The Kier molecular flexibility index (Phi) is 3.09. The summed E-state index contributed by atoms with van der Waals surface area (Å²) in [7, 11) is 1.73. The average molecular weight is 230 g/mol. The normalized spacial score (nSPS) is 10.2. The number of carbonyl (C=O) groups is 1. The van der Waals surface area contributed by atoms with E-state index in [0.29, 0.717) is 17.9 Å². The number of amides is 1. The maximum Gasteiger partial charge on any atom is 0.269 e. The van der Waals surface area contributed by atoms with Crippen molar-refractivity contribution in [3.63, 3.8) is 0 Å². The first-order valence-electron chi connectivity index (χ1n) is 5.27. The van der Waals surface area contributed by atoms with Crippen molar-refractivity contribution < 1.29 is 4.79 Å². The standard InChI is InChI=1S/C12H14N4O/c1-16-11(6-7-15-16)12(17)14-8-9-2-4-10(13)5-3-9/h2-7H,8,13H2,1H3,(H,14,17). The SMILES string of the molecule is Cn1nccc1C(=O)NCc1ccc(N)cc1. The van der Waals surface area contributed by atoms with Crippen LogP contribution in [0.2, 0.25) is 0 Å². The van der Waals surface area contributed by atoms with Crippen molar-refractivity contribution in [1.29, 1.82) is 0 Å². The summed E-state index contributed by atoms with van der Waals surface area (Å²) in [5.74, 6) is -0.137. The molecule has 1 aromatic heterocycles. The summed E-state index contributed by atoms with van der Waals surface area (Å²) < 4.78 is 1.54. The molecule has 17 heavy (non-hydrogen) atoms. The zero-order chi connectivity index (χ0) is 12.3. The van der Waals surface area contributed by atoms with Gasteiger partial charge in [0.2, 0.25) is 0 Å². The van der Waals surface area contributed by atoms with Gasteiger partial charge in [-0.05, 0) is 23.8 Å². The van der Waals surface area contributed by atoms with Crippen LogP contribution in [0.4, 0.5) is 5.69 Å². The molecule has 88 valence electrons. The molecule has 0 radical (unpaired) electrons. The molecule has 0 saturated carbocycles. The summed E-state index contributed by atoms with van der Waals surface area (Å²) in [6.07, 6.45) is 1.60. The van der Waals surface area contributed by atoms with Crippen LogP contribution in [0.25, 0.3) is 0 Å². The molecular formula is C12H14N4O.